The Bertz CT molecular complexity index is 612. The molecule has 6 nitrogen and oxygen atoms in total. The predicted octanol–water partition coefficient (Wildman–Crippen LogP) is 0.320. The second kappa shape index (κ2) is 7.14. The zero-order chi connectivity index (χ0) is 15.2. The normalized spacial score (nSPS) is 12.8. The monoisotopic (exact) mass is 320 g/mol. The lowest BCUT2D eigenvalue weighted by molar-refractivity contribution is 0.470. The number of sulfonamides is 1. The van der Waals surface area contributed by atoms with Crippen LogP contribution in [0.2, 0.25) is 0 Å². The molecule has 0 amide bonds. The molecule has 0 fully saturated rings. The third-order valence-electron chi connectivity index (χ3n) is 2.80. The Morgan fingerprint density at radius 3 is 2.40 bits per heavy atom. The van der Waals surface area contributed by atoms with Crippen LogP contribution < -0.4 is 0 Å². The standard InChI is InChI=1S/C12H20N2O4S2/c1-14(9-7-12-6-3-4-8-13-12)20(17,18)11-5-10-19(2,15)16/h3-4,6,8H,5,7,9-11H2,1-2H3. The van der Waals surface area contributed by atoms with Crippen molar-refractivity contribution >= 4 is 19.9 Å². The van der Waals surface area contributed by atoms with Crippen LogP contribution in [0.25, 0.3) is 0 Å². The highest BCUT2D eigenvalue weighted by Gasteiger charge is 2.18. The van der Waals surface area contributed by atoms with Crippen molar-refractivity contribution < 1.29 is 16.8 Å². The molecule has 0 radical (unpaired) electrons. The molecule has 20 heavy (non-hydrogen) atoms. The van der Waals surface area contributed by atoms with Gasteiger partial charge in [-0.1, -0.05) is 6.07 Å². The average molecular weight is 320 g/mol. The smallest absolute Gasteiger partial charge is 0.213 e. The maximum absolute atomic E-state index is 11.9. The zero-order valence-corrected chi connectivity index (χ0v) is 13.3. The molecule has 0 aliphatic heterocycles. The number of hydrogen-bond acceptors (Lipinski definition) is 5. The van der Waals surface area contributed by atoms with Gasteiger partial charge in [0.05, 0.1) is 11.5 Å². The topological polar surface area (TPSA) is 84.4 Å². The summed E-state index contributed by atoms with van der Waals surface area (Å²) in [4.78, 5) is 4.13. The van der Waals surface area contributed by atoms with Gasteiger partial charge in [0.1, 0.15) is 9.84 Å². The minimum atomic E-state index is -3.41. The molecular weight excluding hydrogens is 300 g/mol. The van der Waals surface area contributed by atoms with E-state index in [9.17, 15) is 16.8 Å². The molecule has 0 unspecified atom stereocenters. The maximum Gasteiger partial charge on any atom is 0.213 e. The Balaban J connectivity index is 2.46. The molecule has 1 aromatic rings. The first-order chi connectivity index (χ1) is 9.21. The van der Waals surface area contributed by atoms with Crippen molar-refractivity contribution in [2.45, 2.75) is 12.8 Å². The minimum Gasteiger partial charge on any atom is -0.261 e. The summed E-state index contributed by atoms with van der Waals surface area (Å²) >= 11 is 0. The van der Waals surface area contributed by atoms with Gasteiger partial charge in [-0.15, -0.1) is 0 Å². The molecule has 0 saturated carbocycles. The van der Waals surface area contributed by atoms with Gasteiger partial charge in [-0.25, -0.2) is 21.1 Å². The lowest BCUT2D eigenvalue weighted by Crippen LogP contribution is -2.31. The van der Waals surface area contributed by atoms with Crippen molar-refractivity contribution in [1.29, 1.82) is 0 Å². The molecule has 0 spiro atoms. The van der Waals surface area contributed by atoms with Crippen LogP contribution in [0.3, 0.4) is 0 Å². The summed E-state index contributed by atoms with van der Waals surface area (Å²) in [5.74, 6) is -0.265. The fraction of sp³-hybridized carbons (Fsp3) is 0.583. The quantitative estimate of drug-likeness (QED) is 0.689. The van der Waals surface area contributed by atoms with Crippen LogP contribution in [0.1, 0.15) is 12.1 Å². The van der Waals surface area contributed by atoms with Gasteiger partial charge in [0, 0.05) is 38.2 Å². The number of nitrogens with zero attached hydrogens (tertiary/aromatic N) is 2. The number of likely N-dealkylation sites (N-methyl/N-ethyl adjacent to an activating group) is 1. The molecule has 0 aliphatic rings. The summed E-state index contributed by atoms with van der Waals surface area (Å²) in [6.07, 6.45) is 3.41. The van der Waals surface area contributed by atoms with Crippen molar-refractivity contribution in [3.8, 4) is 0 Å². The Labute approximate surface area is 120 Å². The average Bonchev–Trinajstić information content (AvgIpc) is 2.35. The fourth-order valence-electron chi connectivity index (χ4n) is 1.62. The highest BCUT2D eigenvalue weighted by Crippen LogP contribution is 2.04. The van der Waals surface area contributed by atoms with E-state index in [1.807, 2.05) is 12.1 Å². The largest absolute Gasteiger partial charge is 0.261 e. The lowest BCUT2D eigenvalue weighted by Gasteiger charge is -2.16. The number of aromatic nitrogens is 1. The van der Waals surface area contributed by atoms with Gasteiger partial charge in [-0.05, 0) is 18.6 Å². The first kappa shape index (κ1) is 17.1. The summed E-state index contributed by atoms with van der Waals surface area (Å²) in [5, 5.41) is 0. The van der Waals surface area contributed by atoms with Crippen LogP contribution in [0, 0.1) is 0 Å². The van der Waals surface area contributed by atoms with Gasteiger partial charge in [-0.3, -0.25) is 4.98 Å². The van der Waals surface area contributed by atoms with Crippen LogP contribution in [0.5, 0.6) is 0 Å². The summed E-state index contributed by atoms with van der Waals surface area (Å²) in [5.41, 5.74) is 0.825. The first-order valence-electron chi connectivity index (χ1n) is 6.22. The second-order valence-corrected chi connectivity index (χ2v) is 9.15. The number of sulfone groups is 1. The molecule has 1 heterocycles. The first-order valence-corrected chi connectivity index (χ1v) is 9.89. The predicted molar refractivity (Wildman–Crippen MR) is 78.7 cm³/mol. The minimum absolute atomic E-state index is 0.111. The highest BCUT2D eigenvalue weighted by atomic mass is 32.2. The van der Waals surface area contributed by atoms with Crippen LogP contribution in [0.4, 0.5) is 0 Å². The van der Waals surface area contributed by atoms with E-state index < -0.39 is 19.9 Å². The maximum atomic E-state index is 11.9. The molecule has 0 saturated heterocycles. The summed E-state index contributed by atoms with van der Waals surface area (Å²) in [6, 6.07) is 5.49. The van der Waals surface area contributed by atoms with Gasteiger partial charge in [0.2, 0.25) is 10.0 Å². The van der Waals surface area contributed by atoms with E-state index >= 15 is 0 Å². The fourth-order valence-corrected chi connectivity index (χ4v) is 3.66. The van der Waals surface area contributed by atoms with Gasteiger partial charge in [0.25, 0.3) is 0 Å². The second-order valence-electron chi connectivity index (χ2n) is 4.69. The lowest BCUT2D eigenvalue weighted by atomic mass is 10.3. The van der Waals surface area contributed by atoms with Gasteiger partial charge >= 0.3 is 0 Å². The van der Waals surface area contributed by atoms with Crippen LogP contribution in [-0.4, -0.2) is 57.5 Å². The molecule has 1 rings (SSSR count). The molecule has 0 aliphatic carbocycles. The van der Waals surface area contributed by atoms with E-state index in [0.717, 1.165) is 11.9 Å². The summed E-state index contributed by atoms with van der Waals surface area (Å²) in [6.45, 7) is 0.332. The Morgan fingerprint density at radius 1 is 1.15 bits per heavy atom. The van der Waals surface area contributed by atoms with E-state index in [1.165, 1.54) is 11.4 Å². The summed E-state index contributed by atoms with van der Waals surface area (Å²) in [7, 11) is -5.03. The molecule has 8 heteroatoms. The van der Waals surface area contributed by atoms with Crippen molar-refractivity contribution in [2.75, 3.05) is 31.4 Å². The zero-order valence-electron chi connectivity index (χ0n) is 11.7. The number of pyridine rings is 1. The summed E-state index contributed by atoms with van der Waals surface area (Å²) < 4.78 is 47.1. The Hall–Kier alpha value is -0.990. The Morgan fingerprint density at radius 2 is 1.85 bits per heavy atom. The molecule has 0 aromatic carbocycles. The van der Waals surface area contributed by atoms with E-state index in [4.69, 9.17) is 0 Å². The van der Waals surface area contributed by atoms with Crippen molar-refractivity contribution in [2.24, 2.45) is 0 Å². The third kappa shape index (κ3) is 6.44. The third-order valence-corrected chi connectivity index (χ3v) is 5.77. The number of rotatable bonds is 8. The number of hydrogen-bond donors (Lipinski definition) is 0. The molecule has 0 bridgehead atoms. The van der Waals surface area contributed by atoms with E-state index in [0.29, 0.717) is 13.0 Å². The molecular formula is C12H20N2O4S2. The van der Waals surface area contributed by atoms with Crippen LogP contribution >= 0.6 is 0 Å². The molecule has 0 atom stereocenters. The van der Waals surface area contributed by atoms with Gasteiger partial charge in [-0.2, -0.15) is 0 Å². The Kier molecular flexibility index (Phi) is 6.09. The highest BCUT2D eigenvalue weighted by molar-refractivity contribution is 7.91. The molecule has 1 aromatic heterocycles. The van der Waals surface area contributed by atoms with Crippen molar-refractivity contribution in [3.05, 3.63) is 30.1 Å². The van der Waals surface area contributed by atoms with Crippen LogP contribution in [-0.2, 0) is 26.3 Å². The molecule has 0 N–H and O–H groups in total. The van der Waals surface area contributed by atoms with Gasteiger partial charge in [0.15, 0.2) is 0 Å². The SMILES string of the molecule is CN(CCc1ccccn1)S(=O)(=O)CCCS(C)(=O)=O. The van der Waals surface area contributed by atoms with Crippen molar-refractivity contribution in [1.82, 2.24) is 9.29 Å². The van der Waals surface area contributed by atoms with Crippen molar-refractivity contribution in [3.63, 3.8) is 0 Å². The van der Waals surface area contributed by atoms with Gasteiger partial charge < -0.3 is 0 Å². The van der Waals surface area contributed by atoms with E-state index in [2.05, 4.69) is 4.98 Å². The van der Waals surface area contributed by atoms with Crippen LogP contribution in [0.15, 0.2) is 24.4 Å². The molecule has 114 valence electrons. The van der Waals surface area contributed by atoms with E-state index in [1.54, 1.807) is 12.3 Å². The van der Waals surface area contributed by atoms with E-state index in [-0.39, 0.29) is 17.9 Å².